The third-order valence-corrected chi connectivity index (χ3v) is 11.0. The molecule has 2 fully saturated rings. The van der Waals surface area contributed by atoms with Gasteiger partial charge in [-0.3, -0.25) is 9.69 Å². The van der Waals surface area contributed by atoms with Crippen molar-refractivity contribution in [2.75, 3.05) is 31.4 Å². The molecule has 4 atom stereocenters. The minimum Gasteiger partial charge on any atom is -0.480 e. The van der Waals surface area contributed by atoms with E-state index in [4.69, 9.17) is 9.84 Å². The number of aliphatic hydroxyl groups is 1. The number of amides is 1. The van der Waals surface area contributed by atoms with E-state index in [1.807, 2.05) is 62.0 Å². The van der Waals surface area contributed by atoms with Gasteiger partial charge in [-0.15, -0.1) is 0 Å². The zero-order valence-corrected chi connectivity index (χ0v) is 30.2. The summed E-state index contributed by atoms with van der Waals surface area (Å²) in [5.74, 6) is -2.13. The molecule has 2 aromatic carbocycles. The molecule has 0 bridgehead atoms. The molecule has 1 saturated heterocycles. The average Bonchev–Trinajstić information content (AvgIpc) is 3.43. The fourth-order valence-electron chi connectivity index (χ4n) is 6.00. The second-order valence-electron chi connectivity index (χ2n) is 13.0. The molecule has 1 aliphatic heterocycles. The van der Waals surface area contributed by atoms with Crippen molar-refractivity contribution >= 4 is 33.5 Å². The topological polar surface area (TPSA) is 133 Å². The van der Waals surface area contributed by atoms with Crippen molar-refractivity contribution in [3.8, 4) is 11.1 Å². The largest absolute Gasteiger partial charge is 0.480 e. The summed E-state index contributed by atoms with van der Waals surface area (Å²) in [6, 6.07) is 12.6. The van der Waals surface area contributed by atoms with Gasteiger partial charge >= 0.3 is 5.97 Å². The fraction of sp³-hybridized carbons (Fsp3) is 0.611. The Morgan fingerprint density at radius 3 is 2.38 bits per heavy atom. The minimum atomic E-state index is -3.38. The lowest BCUT2D eigenvalue weighted by Gasteiger charge is -2.28. The van der Waals surface area contributed by atoms with Crippen LogP contribution in [0.5, 0.6) is 0 Å². The highest BCUT2D eigenvalue weighted by Crippen LogP contribution is 2.32. The summed E-state index contributed by atoms with van der Waals surface area (Å²) < 4.78 is 29.7. The highest BCUT2D eigenvalue weighted by molar-refractivity contribution is 7.99. The standard InChI is InChI=1S/C32H44N2O6S2.C4H10O/c1-22-9-7-8-12-27(22)29-17-23(13-14-28(29)31(35)33-30(32(36)37)15-16-42(3,38)39)19-34-20-26(41-2)18-24(34)21-40-25-10-5-4-6-11-25;1-3-4(2)5/h7-9,12-14,17,24-26,30H,4-6,10-11,15-16,18-21H2,1-3H3,(H,33,35)(H,36,37);4-5H,3H2,1-2H3/t24-,26?,30?;/m0./s1. The van der Waals surface area contributed by atoms with Gasteiger partial charge in [0.25, 0.3) is 5.91 Å². The maximum Gasteiger partial charge on any atom is 0.326 e. The molecule has 3 N–H and O–H groups in total. The number of ether oxygens (including phenoxy) is 1. The number of rotatable bonds is 14. The van der Waals surface area contributed by atoms with Gasteiger partial charge in [-0.05, 0) is 86.6 Å². The van der Waals surface area contributed by atoms with Crippen molar-refractivity contribution in [1.29, 1.82) is 0 Å². The molecule has 0 aromatic heterocycles. The number of aryl methyl sites for hydroxylation is 1. The molecule has 3 unspecified atom stereocenters. The van der Waals surface area contributed by atoms with Gasteiger partial charge in [0.15, 0.2) is 0 Å². The molecule has 0 spiro atoms. The summed E-state index contributed by atoms with van der Waals surface area (Å²) in [5.41, 5.74) is 4.05. The van der Waals surface area contributed by atoms with Gasteiger partial charge in [0.2, 0.25) is 0 Å². The quantitative estimate of drug-likeness (QED) is 0.228. The lowest BCUT2D eigenvalue weighted by Crippen LogP contribution is -2.42. The molecule has 1 heterocycles. The Morgan fingerprint density at radius 2 is 1.79 bits per heavy atom. The molecule has 262 valence electrons. The molecule has 1 saturated carbocycles. The first kappa shape index (κ1) is 39.0. The van der Waals surface area contributed by atoms with Crippen LogP contribution >= 0.6 is 11.8 Å². The van der Waals surface area contributed by atoms with Crippen molar-refractivity contribution < 1.29 is 33.0 Å². The Balaban J connectivity index is 0.00000111. The van der Waals surface area contributed by atoms with E-state index in [1.54, 1.807) is 13.0 Å². The van der Waals surface area contributed by atoms with Gasteiger partial charge in [0.1, 0.15) is 15.9 Å². The maximum atomic E-state index is 13.5. The van der Waals surface area contributed by atoms with Gasteiger partial charge < -0.3 is 20.3 Å². The summed E-state index contributed by atoms with van der Waals surface area (Å²) in [5, 5.41) is 21.1. The van der Waals surface area contributed by atoms with Crippen LogP contribution < -0.4 is 5.32 Å². The molecular weight excluding hydrogens is 637 g/mol. The van der Waals surface area contributed by atoms with E-state index in [0.29, 0.717) is 23.0 Å². The Kier molecular flexibility index (Phi) is 15.7. The number of hydrogen-bond acceptors (Lipinski definition) is 8. The van der Waals surface area contributed by atoms with Crippen molar-refractivity contribution in [2.45, 2.75) is 108 Å². The number of likely N-dealkylation sites (tertiary alicyclic amines) is 1. The number of nitrogens with one attached hydrogen (secondary N) is 1. The normalized spacial score (nSPS) is 20.2. The number of aliphatic hydroxyl groups excluding tert-OH is 1. The summed E-state index contributed by atoms with van der Waals surface area (Å²) in [6.45, 7) is 8.14. The van der Waals surface area contributed by atoms with E-state index in [9.17, 15) is 23.1 Å². The summed E-state index contributed by atoms with van der Waals surface area (Å²) >= 11 is 1.90. The third kappa shape index (κ3) is 12.8. The lowest BCUT2D eigenvalue weighted by molar-refractivity contribution is -0.139. The number of hydrogen-bond donors (Lipinski definition) is 3. The van der Waals surface area contributed by atoms with Gasteiger partial charge in [-0.2, -0.15) is 11.8 Å². The van der Waals surface area contributed by atoms with Gasteiger partial charge in [-0.1, -0.05) is 56.5 Å². The van der Waals surface area contributed by atoms with Crippen LogP contribution in [0.25, 0.3) is 11.1 Å². The first-order valence-corrected chi connectivity index (χ1v) is 20.1. The fourth-order valence-corrected chi connectivity index (χ4v) is 7.42. The van der Waals surface area contributed by atoms with Crippen LogP contribution in [-0.2, 0) is 25.9 Å². The van der Waals surface area contributed by atoms with Gasteiger partial charge in [-0.25, -0.2) is 13.2 Å². The molecular formula is C36H54N2O7S2. The van der Waals surface area contributed by atoms with E-state index in [2.05, 4.69) is 16.5 Å². The van der Waals surface area contributed by atoms with Crippen LogP contribution in [0.4, 0.5) is 0 Å². The molecule has 0 radical (unpaired) electrons. The van der Waals surface area contributed by atoms with Crippen LogP contribution in [0.3, 0.4) is 0 Å². The van der Waals surface area contributed by atoms with Crippen LogP contribution in [-0.4, -0.2) is 96.4 Å². The number of benzene rings is 2. The first-order chi connectivity index (χ1) is 22.3. The number of aliphatic carboxylic acids is 1. The predicted octanol–water partition coefficient (Wildman–Crippen LogP) is 5.71. The van der Waals surface area contributed by atoms with Gasteiger partial charge in [0.05, 0.1) is 24.6 Å². The number of carboxylic acid groups (broad SMARTS) is 1. The van der Waals surface area contributed by atoms with E-state index in [0.717, 1.165) is 73.9 Å². The highest BCUT2D eigenvalue weighted by atomic mass is 32.2. The second-order valence-corrected chi connectivity index (χ2v) is 16.4. The zero-order chi connectivity index (χ0) is 34.6. The monoisotopic (exact) mass is 690 g/mol. The van der Waals surface area contributed by atoms with Crippen molar-refractivity contribution in [1.82, 2.24) is 10.2 Å². The summed E-state index contributed by atoms with van der Waals surface area (Å²) in [6.07, 6.45) is 11.3. The smallest absolute Gasteiger partial charge is 0.326 e. The molecule has 1 amide bonds. The number of nitrogens with zero attached hydrogens (tertiary/aromatic N) is 1. The predicted molar refractivity (Wildman–Crippen MR) is 191 cm³/mol. The number of carbonyl (C=O) groups excluding carboxylic acids is 1. The van der Waals surface area contributed by atoms with Gasteiger partial charge in [0, 0.05) is 36.2 Å². The van der Waals surface area contributed by atoms with Crippen molar-refractivity contribution in [2.24, 2.45) is 0 Å². The van der Waals surface area contributed by atoms with Crippen LogP contribution in [0.1, 0.15) is 86.7 Å². The summed E-state index contributed by atoms with van der Waals surface area (Å²) in [7, 11) is -3.38. The maximum absolute atomic E-state index is 13.5. The second kappa shape index (κ2) is 18.9. The van der Waals surface area contributed by atoms with E-state index < -0.39 is 27.8 Å². The molecule has 2 aliphatic rings. The molecule has 9 nitrogen and oxygen atoms in total. The van der Waals surface area contributed by atoms with Crippen LogP contribution in [0.2, 0.25) is 0 Å². The Hall–Kier alpha value is -2.44. The van der Waals surface area contributed by atoms with E-state index >= 15 is 0 Å². The number of sulfone groups is 1. The number of thioether (sulfide) groups is 1. The van der Waals surface area contributed by atoms with E-state index in [1.165, 1.54) is 19.3 Å². The molecule has 2 aromatic rings. The highest BCUT2D eigenvalue weighted by Gasteiger charge is 2.33. The first-order valence-electron chi connectivity index (χ1n) is 16.8. The van der Waals surface area contributed by atoms with Crippen LogP contribution in [0.15, 0.2) is 42.5 Å². The molecule has 1 aliphatic carbocycles. The summed E-state index contributed by atoms with van der Waals surface area (Å²) in [4.78, 5) is 27.8. The SMILES string of the molecule is CCC(C)O.CSC1C[C@@H](COC2CCCCC2)N(Cc2ccc(C(=O)NC(CCS(C)(=O)=O)C(=O)O)c(-c3ccccc3C)c2)C1. The van der Waals surface area contributed by atoms with E-state index in [-0.39, 0.29) is 18.3 Å². The molecule has 11 heteroatoms. The van der Waals surface area contributed by atoms with Crippen molar-refractivity contribution in [3.63, 3.8) is 0 Å². The average molecular weight is 691 g/mol. The van der Waals surface area contributed by atoms with Crippen LogP contribution in [0, 0.1) is 6.92 Å². The zero-order valence-electron chi connectivity index (χ0n) is 28.6. The molecule has 47 heavy (non-hydrogen) atoms. The molecule has 4 rings (SSSR count). The Labute approximate surface area is 285 Å². The van der Waals surface area contributed by atoms with Crippen molar-refractivity contribution in [3.05, 3.63) is 59.2 Å². The number of carboxylic acids is 1. The Bertz CT molecular complexity index is 1410. The third-order valence-electron chi connectivity index (χ3n) is 9.02. The number of carbonyl (C=O) groups is 2. The minimum absolute atomic E-state index is 0.116. The Morgan fingerprint density at radius 1 is 1.11 bits per heavy atom. The lowest BCUT2D eigenvalue weighted by atomic mass is 9.93.